The molecular formula is C10H21NO2. The quantitative estimate of drug-likeness (QED) is 0.708. The molecule has 0 aromatic heterocycles. The first-order chi connectivity index (χ1) is 6.16. The van der Waals surface area contributed by atoms with Crippen LogP contribution in [-0.4, -0.2) is 49.0 Å². The zero-order valence-corrected chi connectivity index (χ0v) is 8.86. The summed E-state index contributed by atoms with van der Waals surface area (Å²) in [5.41, 5.74) is 0. The van der Waals surface area contributed by atoms with Gasteiger partial charge in [-0.2, -0.15) is 0 Å². The largest absolute Gasteiger partial charge is 0.391 e. The monoisotopic (exact) mass is 187 g/mol. The molecule has 3 nitrogen and oxygen atoms in total. The lowest BCUT2D eigenvalue weighted by Crippen LogP contribution is -2.44. The van der Waals surface area contributed by atoms with Crippen molar-refractivity contribution in [2.45, 2.75) is 44.4 Å². The first kappa shape index (κ1) is 11.0. The summed E-state index contributed by atoms with van der Waals surface area (Å²) >= 11 is 0. The second-order valence-electron chi connectivity index (χ2n) is 4.04. The van der Waals surface area contributed by atoms with Crippen LogP contribution in [0.2, 0.25) is 0 Å². The first-order valence-electron chi connectivity index (χ1n) is 5.05. The molecule has 1 unspecified atom stereocenters. The summed E-state index contributed by atoms with van der Waals surface area (Å²) in [6.45, 7) is 2.87. The number of aliphatic hydroxyl groups excluding tert-OH is 1. The third-order valence-electron chi connectivity index (χ3n) is 3.07. The van der Waals surface area contributed by atoms with Gasteiger partial charge in [0.25, 0.3) is 0 Å². The Morgan fingerprint density at radius 1 is 1.54 bits per heavy atom. The molecule has 1 aliphatic carbocycles. The number of aliphatic hydroxyl groups is 1. The minimum atomic E-state index is -0.135. The lowest BCUT2D eigenvalue weighted by atomic mass is 10.1. The van der Waals surface area contributed by atoms with E-state index in [1.165, 1.54) is 0 Å². The Labute approximate surface area is 80.7 Å². The molecule has 0 spiro atoms. The summed E-state index contributed by atoms with van der Waals surface area (Å²) in [7, 11) is 3.79. The van der Waals surface area contributed by atoms with Gasteiger partial charge in [-0.15, -0.1) is 0 Å². The molecule has 3 atom stereocenters. The van der Waals surface area contributed by atoms with Gasteiger partial charge in [0.15, 0.2) is 0 Å². The Morgan fingerprint density at radius 3 is 2.69 bits per heavy atom. The molecule has 0 bridgehead atoms. The first-order valence-corrected chi connectivity index (χ1v) is 5.05. The SMILES string of the molecule is COCC(C)N(C)[C@@H]1CCC[C@H]1O. The van der Waals surface area contributed by atoms with Gasteiger partial charge in [0.2, 0.25) is 0 Å². The lowest BCUT2D eigenvalue weighted by molar-refractivity contribution is 0.0369. The fourth-order valence-corrected chi connectivity index (χ4v) is 2.08. The molecule has 3 heteroatoms. The minimum absolute atomic E-state index is 0.135. The van der Waals surface area contributed by atoms with Gasteiger partial charge in [-0.25, -0.2) is 0 Å². The zero-order chi connectivity index (χ0) is 9.84. The molecule has 78 valence electrons. The third kappa shape index (κ3) is 2.66. The standard InChI is InChI=1S/C10H21NO2/c1-8(7-13-3)11(2)9-5-4-6-10(9)12/h8-10,12H,4-7H2,1-3H3/t8?,9-,10-/m1/s1. The van der Waals surface area contributed by atoms with Gasteiger partial charge >= 0.3 is 0 Å². The van der Waals surface area contributed by atoms with Crippen LogP contribution in [0.15, 0.2) is 0 Å². The molecule has 0 radical (unpaired) electrons. The van der Waals surface area contributed by atoms with Gasteiger partial charge in [0.05, 0.1) is 12.7 Å². The molecular weight excluding hydrogens is 166 g/mol. The fourth-order valence-electron chi connectivity index (χ4n) is 2.08. The molecule has 1 saturated carbocycles. The average Bonchev–Trinajstić information content (AvgIpc) is 2.50. The van der Waals surface area contributed by atoms with Crippen molar-refractivity contribution >= 4 is 0 Å². The average molecular weight is 187 g/mol. The van der Waals surface area contributed by atoms with Crippen molar-refractivity contribution < 1.29 is 9.84 Å². The van der Waals surface area contributed by atoms with E-state index in [2.05, 4.69) is 18.9 Å². The summed E-state index contributed by atoms with van der Waals surface area (Å²) in [4.78, 5) is 2.24. The lowest BCUT2D eigenvalue weighted by Gasteiger charge is -2.32. The van der Waals surface area contributed by atoms with Crippen LogP contribution in [0.1, 0.15) is 26.2 Å². The van der Waals surface area contributed by atoms with Crippen LogP contribution in [0.4, 0.5) is 0 Å². The van der Waals surface area contributed by atoms with Crippen LogP contribution in [0.3, 0.4) is 0 Å². The topological polar surface area (TPSA) is 32.7 Å². The van der Waals surface area contributed by atoms with E-state index in [1.807, 2.05) is 0 Å². The molecule has 0 aromatic carbocycles. The number of hydrogen-bond acceptors (Lipinski definition) is 3. The maximum atomic E-state index is 9.69. The third-order valence-corrected chi connectivity index (χ3v) is 3.07. The molecule has 0 aliphatic heterocycles. The predicted molar refractivity (Wildman–Crippen MR) is 52.7 cm³/mol. The van der Waals surface area contributed by atoms with Crippen molar-refractivity contribution in [2.75, 3.05) is 20.8 Å². The molecule has 0 saturated heterocycles. The van der Waals surface area contributed by atoms with E-state index in [-0.39, 0.29) is 6.10 Å². The van der Waals surface area contributed by atoms with E-state index in [9.17, 15) is 5.11 Å². The van der Waals surface area contributed by atoms with E-state index in [1.54, 1.807) is 7.11 Å². The zero-order valence-electron chi connectivity index (χ0n) is 8.86. The highest BCUT2D eigenvalue weighted by Gasteiger charge is 2.30. The molecule has 1 rings (SSSR count). The summed E-state index contributed by atoms with van der Waals surface area (Å²) in [5, 5.41) is 9.69. The molecule has 1 N–H and O–H groups in total. The van der Waals surface area contributed by atoms with Gasteiger partial charge in [0, 0.05) is 19.2 Å². The van der Waals surface area contributed by atoms with Crippen LogP contribution in [0, 0.1) is 0 Å². The summed E-state index contributed by atoms with van der Waals surface area (Å²) < 4.78 is 5.10. The molecule has 1 aliphatic rings. The maximum Gasteiger partial charge on any atom is 0.0695 e. The highest BCUT2D eigenvalue weighted by Crippen LogP contribution is 2.24. The number of rotatable bonds is 4. The van der Waals surface area contributed by atoms with Crippen LogP contribution in [-0.2, 0) is 4.74 Å². The van der Waals surface area contributed by atoms with Crippen molar-refractivity contribution in [1.82, 2.24) is 4.90 Å². The number of ether oxygens (including phenoxy) is 1. The van der Waals surface area contributed by atoms with E-state index in [0.717, 1.165) is 25.9 Å². The van der Waals surface area contributed by atoms with Gasteiger partial charge in [0.1, 0.15) is 0 Å². The van der Waals surface area contributed by atoms with Crippen LogP contribution in [0.5, 0.6) is 0 Å². The number of likely N-dealkylation sites (N-methyl/N-ethyl adjacent to an activating group) is 1. The Morgan fingerprint density at radius 2 is 2.23 bits per heavy atom. The smallest absolute Gasteiger partial charge is 0.0695 e. The van der Waals surface area contributed by atoms with Crippen molar-refractivity contribution in [3.8, 4) is 0 Å². The minimum Gasteiger partial charge on any atom is -0.391 e. The second-order valence-corrected chi connectivity index (χ2v) is 4.04. The number of nitrogens with zero attached hydrogens (tertiary/aromatic N) is 1. The molecule has 0 amide bonds. The summed E-state index contributed by atoms with van der Waals surface area (Å²) in [6.07, 6.45) is 3.08. The van der Waals surface area contributed by atoms with Crippen molar-refractivity contribution in [3.05, 3.63) is 0 Å². The molecule has 13 heavy (non-hydrogen) atoms. The Bertz CT molecular complexity index is 152. The van der Waals surface area contributed by atoms with E-state index in [0.29, 0.717) is 12.1 Å². The van der Waals surface area contributed by atoms with Gasteiger partial charge in [-0.1, -0.05) is 0 Å². The molecule has 0 heterocycles. The number of methoxy groups -OCH3 is 1. The van der Waals surface area contributed by atoms with E-state index in [4.69, 9.17) is 4.74 Å². The van der Waals surface area contributed by atoms with Crippen LogP contribution >= 0.6 is 0 Å². The Hall–Kier alpha value is -0.120. The van der Waals surface area contributed by atoms with E-state index < -0.39 is 0 Å². The predicted octanol–water partition coefficient (Wildman–Crippen LogP) is 0.867. The Kier molecular flexibility index (Phi) is 4.16. The number of hydrogen-bond donors (Lipinski definition) is 1. The van der Waals surface area contributed by atoms with Gasteiger partial charge < -0.3 is 9.84 Å². The van der Waals surface area contributed by atoms with Crippen molar-refractivity contribution in [3.63, 3.8) is 0 Å². The van der Waals surface area contributed by atoms with Crippen molar-refractivity contribution in [2.24, 2.45) is 0 Å². The summed E-state index contributed by atoms with van der Waals surface area (Å²) in [5.74, 6) is 0. The maximum absolute atomic E-state index is 9.69. The fraction of sp³-hybridized carbons (Fsp3) is 1.00. The van der Waals surface area contributed by atoms with Crippen LogP contribution < -0.4 is 0 Å². The van der Waals surface area contributed by atoms with Gasteiger partial charge in [-0.05, 0) is 33.2 Å². The van der Waals surface area contributed by atoms with E-state index >= 15 is 0 Å². The normalized spacial score (nSPS) is 31.2. The highest BCUT2D eigenvalue weighted by atomic mass is 16.5. The van der Waals surface area contributed by atoms with Crippen molar-refractivity contribution in [1.29, 1.82) is 0 Å². The second kappa shape index (κ2) is 4.94. The highest BCUT2D eigenvalue weighted by molar-refractivity contribution is 4.85. The molecule has 0 aromatic rings. The molecule has 1 fully saturated rings. The Balaban J connectivity index is 2.40. The van der Waals surface area contributed by atoms with Crippen LogP contribution in [0.25, 0.3) is 0 Å². The van der Waals surface area contributed by atoms with Gasteiger partial charge in [-0.3, -0.25) is 4.90 Å². The summed E-state index contributed by atoms with van der Waals surface area (Å²) in [6, 6.07) is 0.730.